The number of nitrogens with two attached hydrogens (primary N) is 5. The number of urea groups is 1. The highest BCUT2D eigenvalue weighted by atomic mass is 16.7. The molecule has 1 aliphatic carbocycles. The topological polar surface area (TPSA) is 297 Å². The Labute approximate surface area is 201 Å². The molecule has 2 unspecified atom stereocenters. The van der Waals surface area contributed by atoms with Crippen LogP contribution in [0.1, 0.15) is 12.8 Å². The largest absolute Gasteiger partial charge is 0.394 e. The van der Waals surface area contributed by atoms with Crippen LogP contribution in [-0.4, -0.2) is 130 Å². The molecule has 0 aromatic heterocycles. The van der Waals surface area contributed by atoms with E-state index in [2.05, 4.69) is 5.32 Å². The number of rotatable bonds is 7. The molecule has 204 valence electrons. The fourth-order valence-corrected chi connectivity index (χ4v) is 4.71. The second-order valence-electron chi connectivity index (χ2n) is 9.24. The first kappa shape index (κ1) is 28.3. The summed E-state index contributed by atoms with van der Waals surface area (Å²) < 4.78 is 22.8. The summed E-state index contributed by atoms with van der Waals surface area (Å²) in [4.78, 5) is 11.6. The summed E-state index contributed by atoms with van der Waals surface area (Å²) in [5.74, 6) is 0. The Bertz CT molecular complexity index is 709. The third-order valence-electron chi connectivity index (χ3n) is 6.70. The zero-order chi connectivity index (χ0) is 26.0. The van der Waals surface area contributed by atoms with E-state index in [1.54, 1.807) is 0 Å². The number of amides is 2. The highest BCUT2D eigenvalue weighted by molar-refractivity contribution is 5.72. The van der Waals surface area contributed by atoms with Crippen LogP contribution >= 0.6 is 0 Å². The number of aliphatic hydroxyl groups is 5. The van der Waals surface area contributed by atoms with Gasteiger partial charge in [-0.3, -0.25) is 0 Å². The summed E-state index contributed by atoms with van der Waals surface area (Å²) in [6.07, 6.45) is -12.0. The molecule has 16 nitrogen and oxygen atoms in total. The molecule has 16 heteroatoms. The minimum absolute atomic E-state index is 0.00439. The normalized spacial score (nSPS) is 48.9. The third-order valence-corrected chi connectivity index (χ3v) is 6.70. The zero-order valence-electron chi connectivity index (χ0n) is 19.1. The molecule has 2 aliphatic heterocycles. The molecule has 16 N–H and O–H groups in total. The maximum absolute atomic E-state index is 11.6. The zero-order valence-corrected chi connectivity index (χ0v) is 19.1. The van der Waals surface area contributed by atoms with Gasteiger partial charge in [0.15, 0.2) is 12.6 Å². The first-order valence-corrected chi connectivity index (χ1v) is 11.5. The van der Waals surface area contributed by atoms with E-state index in [0.717, 1.165) is 0 Å². The summed E-state index contributed by atoms with van der Waals surface area (Å²) in [5, 5.41) is 53.6. The Morgan fingerprint density at radius 1 is 0.886 bits per heavy atom. The van der Waals surface area contributed by atoms with Crippen molar-refractivity contribution in [2.45, 2.75) is 98.4 Å². The Morgan fingerprint density at radius 3 is 2.11 bits per heavy atom. The van der Waals surface area contributed by atoms with E-state index in [-0.39, 0.29) is 19.4 Å². The van der Waals surface area contributed by atoms with Crippen molar-refractivity contribution < 1.29 is 49.3 Å². The number of hydrogen-bond acceptors (Lipinski definition) is 14. The Balaban J connectivity index is 1.78. The van der Waals surface area contributed by atoms with Crippen LogP contribution in [0.15, 0.2) is 0 Å². The fourth-order valence-electron chi connectivity index (χ4n) is 4.71. The summed E-state index contributed by atoms with van der Waals surface area (Å²) in [6, 6.07) is -4.64. The average molecular weight is 511 g/mol. The lowest BCUT2D eigenvalue weighted by atomic mass is 9.83. The fraction of sp³-hybridized carbons (Fsp3) is 0.947. The summed E-state index contributed by atoms with van der Waals surface area (Å²) in [7, 11) is 0. The van der Waals surface area contributed by atoms with Gasteiger partial charge in [0.1, 0.15) is 36.6 Å². The molecule has 0 aromatic carbocycles. The molecule has 0 bridgehead atoms. The van der Waals surface area contributed by atoms with Gasteiger partial charge >= 0.3 is 6.03 Å². The van der Waals surface area contributed by atoms with Gasteiger partial charge in [0, 0.05) is 12.6 Å². The van der Waals surface area contributed by atoms with Gasteiger partial charge in [0.25, 0.3) is 0 Å². The average Bonchev–Trinajstić information content (AvgIpc) is 2.79. The van der Waals surface area contributed by atoms with Crippen molar-refractivity contribution >= 4 is 6.03 Å². The molecular formula is C19H38N6O10. The summed E-state index contributed by atoms with van der Waals surface area (Å²) in [6.45, 7) is -0.599. The number of ether oxygens (including phenoxy) is 4. The predicted octanol–water partition coefficient (Wildman–Crippen LogP) is -6.59. The van der Waals surface area contributed by atoms with Crippen LogP contribution in [0.2, 0.25) is 0 Å². The van der Waals surface area contributed by atoms with Gasteiger partial charge < -0.3 is 78.5 Å². The quantitative estimate of drug-likeness (QED) is 0.152. The first-order valence-electron chi connectivity index (χ1n) is 11.5. The van der Waals surface area contributed by atoms with E-state index in [4.69, 9.17) is 47.6 Å². The standard InChI is InChI=1S/C19H38N6O10/c20-3-9-8(27)2-6(22)17(32-9)35-16-7(25-19(24)31)1-5(21)15(14(16)30)34-18-13(29)11(23)12(28)10(4-26)33-18/h5-18,26-30H,1-4,20-23H2,(H3,24,25,31)/t5-,6-,7+,8+,9-,10-,11?,12-,13-,14-,15+,16-,17?,18-/m1/s1. The van der Waals surface area contributed by atoms with E-state index in [1.165, 1.54) is 0 Å². The number of carbonyl (C=O) groups is 1. The molecule has 3 fully saturated rings. The molecule has 0 spiro atoms. The van der Waals surface area contributed by atoms with E-state index < -0.39 is 98.2 Å². The van der Waals surface area contributed by atoms with Crippen LogP contribution in [0.4, 0.5) is 4.79 Å². The van der Waals surface area contributed by atoms with Gasteiger partial charge in [-0.1, -0.05) is 0 Å². The predicted molar refractivity (Wildman–Crippen MR) is 117 cm³/mol. The third kappa shape index (κ3) is 6.19. The molecule has 0 aromatic rings. The van der Waals surface area contributed by atoms with Gasteiger partial charge in [-0.2, -0.15) is 0 Å². The molecule has 2 saturated heterocycles. The van der Waals surface area contributed by atoms with E-state index >= 15 is 0 Å². The van der Waals surface area contributed by atoms with Crippen LogP contribution in [0, 0.1) is 0 Å². The molecule has 35 heavy (non-hydrogen) atoms. The van der Waals surface area contributed by atoms with Gasteiger partial charge in [-0.25, -0.2) is 4.79 Å². The summed E-state index contributed by atoms with van der Waals surface area (Å²) >= 11 is 0. The molecule has 3 rings (SSSR count). The first-order chi connectivity index (χ1) is 16.5. The molecule has 14 atom stereocenters. The van der Waals surface area contributed by atoms with Crippen molar-refractivity contribution in [1.82, 2.24) is 5.32 Å². The minimum atomic E-state index is -1.51. The van der Waals surface area contributed by atoms with Gasteiger partial charge in [-0.05, 0) is 12.8 Å². The SMILES string of the molecule is NC[C@H]1OC(O[C@H]2[C@H](O)[C@@H](O[C@H]3O[C@H](CO)[C@@H](O)C(N)[C@H]3O)[C@H](N)C[C@@H]2NC(N)=O)[C@H](N)C[C@@H]1O. The lowest BCUT2D eigenvalue weighted by Crippen LogP contribution is -2.69. The molecule has 1 saturated carbocycles. The van der Waals surface area contributed by atoms with Crippen molar-refractivity contribution in [2.24, 2.45) is 28.7 Å². The van der Waals surface area contributed by atoms with Crippen molar-refractivity contribution in [3.05, 3.63) is 0 Å². The number of hydrogen-bond donors (Lipinski definition) is 11. The van der Waals surface area contributed by atoms with Crippen molar-refractivity contribution in [3.63, 3.8) is 0 Å². The molecule has 0 radical (unpaired) electrons. The molecule has 2 amide bonds. The Kier molecular flexibility index (Phi) is 9.60. The second kappa shape index (κ2) is 11.9. The van der Waals surface area contributed by atoms with Crippen LogP contribution < -0.4 is 34.0 Å². The minimum Gasteiger partial charge on any atom is -0.394 e. The van der Waals surface area contributed by atoms with Crippen molar-refractivity contribution in [3.8, 4) is 0 Å². The smallest absolute Gasteiger partial charge is 0.312 e. The lowest BCUT2D eigenvalue weighted by molar-refractivity contribution is -0.315. The second-order valence-corrected chi connectivity index (χ2v) is 9.24. The monoisotopic (exact) mass is 510 g/mol. The highest BCUT2D eigenvalue weighted by Crippen LogP contribution is 2.31. The molecular weight excluding hydrogens is 472 g/mol. The van der Waals surface area contributed by atoms with E-state index in [1.807, 2.05) is 0 Å². The van der Waals surface area contributed by atoms with E-state index in [0.29, 0.717) is 0 Å². The van der Waals surface area contributed by atoms with Crippen LogP contribution in [0.5, 0.6) is 0 Å². The van der Waals surface area contributed by atoms with Crippen molar-refractivity contribution in [2.75, 3.05) is 13.2 Å². The maximum Gasteiger partial charge on any atom is 0.312 e. The van der Waals surface area contributed by atoms with E-state index in [9.17, 15) is 30.3 Å². The number of carbonyl (C=O) groups excluding carboxylic acids is 1. The van der Waals surface area contributed by atoms with Crippen LogP contribution in [0.25, 0.3) is 0 Å². The number of primary amides is 1. The van der Waals surface area contributed by atoms with Crippen LogP contribution in [0.3, 0.4) is 0 Å². The lowest BCUT2D eigenvalue weighted by Gasteiger charge is -2.48. The highest BCUT2D eigenvalue weighted by Gasteiger charge is 2.51. The van der Waals surface area contributed by atoms with Crippen molar-refractivity contribution in [1.29, 1.82) is 0 Å². The Morgan fingerprint density at radius 2 is 1.51 bits per heavy atom. The Hall–Kier alpha value is -1.25. The molecule has 2 heterocycles. The van der Waals surface area contributed by atoms with Gasteiger partial charge in [0.2, 0.25) is 0 Å². The maximum atomic E-state index is 11.6. The van der Waals surface area contributed by atoms with Gasteiger partial charge in [0.05, 0.1) is 36.9 Å². The van der Waals surface area contributed by atoms with Crippen LogP contribution in [-0.2, 0) is 18.9 Å². The number of aliphatic hydroxyl groups excluding tert-OH is 5. The summed E-state index contributed by atoms with van der Waals surface area (Å²) in [5.41, 5.74) is 29.0. The molecule has 3 aliphatic rings. The van der Waals surface area contributed by atoms with Gasteiger partial charge in [-0.15, -0.1) is 0 Å². The number of nitrogens with one attached hydrogen (secondary N) is 1.